The molecule has 1 saturated heterocycles. The SMILES string of the molecule is Fc1ccccc1-n1ccnc1N1CCN(Cc2ccc(Br)cc2)CC1. The fraction of sp³-hybridized carbons (Fsp3) is 0.250. The number of anilines is 1. The van der Waals surface area contributed by atoms with Crippen LogP contribution < -0.4 is 4.90 Å². The molecule has 1 aromatic heterocycles. The molecule has 0 amide bonds. The summed E-state index contributed by atoms with van der Waals surface area (Å²) in [6.45, 7) is 4.62. The van der Waals surface area contributed by atoms with Crippen LogP contribution in [0.3, 0.4) is 0 Å². The van der Waals surface area contributed by atoms with Crippen LogP contribution in [0.2, 0.25) is 0 Å². The van der Waals surface area contributed by atoms with Crippen molar-refractivity contribution in [3.8, 4) is 5.69 Å². The second-order valence-electron chi connectivity index (χ2n) is 6.44. The first-order chi connectivity index (χ1) is 12.7. The van der Waals surface area contributed by atoms with Crippen LogP contribution >= 0.6 is 15.9 Å². The maximum atomic E-state index is 14.2. The quantitative estimate of drug-likeness (QED) is 0.642. The van der Waals surface area contributed by atoms with E-state index in [9.17, 15) is 4.39 Å². The lowest BCUT2D eigenvalue weighted by molar-refractivity contribution is 0.248. The van der Waals surface area contributed by atoms with Crippen LogP contribution in [0.25, 0.3) is 5.69 Å². The van der Waals surface area contributed by atoms with E-state index >= 15 is 0 Å². The van der Waals surface area contributed by atoms with Gasteiger partial charge in [-0.15, -0.1) is 0 Å². The molecule has 1 aliphatic rings. The van der Waals surface area contributed by atoms with Gasteiger partial charge in [0, 0.05) is 49.6 Å². The summed E-state index contributed by atoms with van der Waals surface area (Å²) in [6.07, 6.45) is 3.55. The third kappa shape index (κ3) is 3.66. The van der Waals surface area contributed by atoms with E-state index in [0.717, 1.165) is 43.1 Å². The van der Waals surface area contributed by atoms with E-state index in [1.54, 1.807) is 18.3 Å². The van der Waals surface area contributed by atoms with Gasteiger partial charge < -0.3 is 4.90 Å². The Morgan fingerprint density at radius 1 is 0.962 bits per heavy atom. The largest absolute Gasteiger partial charge is 0.339 e. The molecule has 0 N–H and O–H groups in total. The molecular weight excluding hydrogens is 395 g/mol. The number of imidazole rings is 1. The molecule has 2 heterocycles. The summed E-state index contributed by atoms with van der Waals surface area (Å²) >= 11 is 3.48. The molecule has 2 aromatic carbocycles. The second kappa shape index (κ2) is 7.60. The highest BCUT2D eigenvalue weighted by Crippen LogP contribution is 2.22. The summed E-state index contributed by atoms with van der Waals surface area (Å²) in [6, 6.07) is 15.3. The van der Waals surface area contributed by atoms with Crippen molar-refractivity contribution in [1.29, 1.82) is 0 Å². The van der Waals surface area contributed by atoms with Crippen molar-refractivity contribution in [3.05, 3.63) is 76.8 Å². The van der Waals surface area contributed by atoms with Crippen LogP contribution in [-0.2, 0) is 6.54 Å². The molecule has 26 heavy (non-hydrogen) atoms. The van der Waals surface area contributed by atoms with Gasteiger partial charge in [0.25, 0.3) is 0 Å². The predicted molar refractivity (Wildman–Crippen MR) is 105 cm³/mol. The average molecular weight is 415 g/mol. The van der Waals surface area contributed by atoms with Crippen molar-refractivity contribution < 1.29 is 4.39 Å². The average Bonchev–Trinajstić information content (AvgIpc) is 3.14. The van der Waals surface area contributed by atoms with Gasteiger partial charge in [-0.3, -0.25) is 9.47 Å². The van der Waals surface area contributed by atoms with Crippen LogP contribution in [-0.4, -0.2) is 40.6 Å². The lowest BCUT2D eigenvalue weighted by Gasteiger charge is -2.35. The van der Waals surface area contributed by atoms with Crippen molar-refractivity contribution in [2.45, 2.75) is 6.54 Å². The van der Waals surface area contributed by atoms with Crippen LogP contribution in [0.15, 0.2) is 65.4 Å². The third-order valence-electron chi connectivity index (χ3n) is 4.71. The topological polar surface area (TPSA) is 24.3 Å². The minimum Gasteiger partial charge on any atom is -0.339 e. The molecule has 134 valence electrons. The Balaban J connectivity index is 1.44. The van der Waals surface area contributed by atoms with Crippen LogP contribution in [0.1, 0.15) is 5.56 Å². The first-order valence-corrected chi connectivity index (χ1v) is 9.50. The molecule has 0 atom stereocenters. The third-order valence-corrected chi connectivity index (χ3v) is 5.24. The molecular formula is C20H20BrFN4. The van der Waals surface area contributed by atoms with Crippen LogP contribution in [0.5, 0.6) is 0 Å². The van der Waals surface area contributed by atoms with Gasteiger partial charge in [-0.25, -0.2) is 9.37 Å². The summed E-state index contributed by atoms with van der Waals surface area (Å²) in [5, 5.41) is 0. The number of hydrogen-bond donors (Lipinski definition) is 0. The molecule has 4 nitrogen and oxygen atoms in total. The molecule has 0 bridgehead atoms. The molecule has 4 rings (SSSR count). The molecule has 0 saturated carbocycles. The fourth-order valence-corrected chi connectivity index (χ4v) is 3.58. The van der Waals surface area contributed by atoms with E-state index in [1.165, 1.54) is 11.6 Å². The number of para-hydroxylation sites is 1. The number of hydrogen-bond acceptors (Lipinski definition) is 3. The molecule has 6 heteroatoms. The molecule has 3 aromatic rings. The normalized spacial score (nSPS) is 15.4. The van der Waals surface area contributed by atoms with E-state index in [0.29, 0.717) is 5.69 Å². The van der Waals surface area contributed by atoms with Gasteiger partial charge in [0.1, 0.15) is 5.82 Å². The number of nitrogens with zero attached hydrogens (tertiary/aromatic N) is 4. The van der Waals surface area contributed by atoms with Gasteiger partial charge in [-0.05, 0) is 29.8 Å². The van der Waals surface area contributed by atoms with Gasteiger partial charge >= 0.3 is 0 Å². The minimum absolute atomic E-state index is 0.236. The zero-order chi connectivity index (χ0) is 17.9. The van der Waals surface area contributed by atoms with Crippen molar-refractivity contribution in [2.24, 2.45) is 0 Å². The maximum absolute atomic E-state index is 14.2. The van der Waals surface area contributed by atoms with Crippen molar-refractivity contribution in [2.75, 3.05) is 31.1 Å². The minimum atomic E-state index is -0.236. The smallest absolute Gasteiger partial charge is 0.210 e. The van der Waals surface area contributed by atoms with Gasteiger partial charge in [0.2, 0.25) is 5.95 Å². The second-order valence-corrected chi connectivity index (χ2v) is 7.35. The standard InChI is InChI=1S/C20H20BrFN4/c21-17-7-5-16(6-8-17)15-24-11-13-25(14-12-24)20-23-9-10-26(20)19-4-2-1-3-18(19)22/h1-10H,11-15H2. The van der Waals surface area contributed by atoms with Crippen molar-refractivity contribution in [3.63, 3.8) is 0 Å². The van der Waals surface area contributed by atoms with E-state index in [1.807, 2.05) is 16.8 Å². The van der Waals surface area contributed by atoms with Crippen LogP contribution in [0, 0.1) is 5.82 Å². The first kappa shape index (κ1) is 17.2. The number of halogens is 2. The Bertz CT molecular complexity index is 870. The Morgan fingerprint density at radius 3 is 2.42 bits per heavy atom. The highest BCUT2D eigenvalue weighted by atomic mass is 79.9. The Hall–Kier alpha value is -2.18. The number of rotatable bonds is 4. The first-order valence-electron chi connectivity index (χ1n) is 8.71. The number of benzene rings is 2. The van der Waals surface area contributed by atoms with E-state index in [-0.39, 0.29) is 5.82 Å². The number of piperazine rings is 1. The molecule has 1 fully saturated rings. The van der Waals surface area contributed by atoms with Gasteiger partial charge in [0.05, 0.1) is 5.69 Å². The van der Waals surface area contributed by atoms with Crippen LogP contribution in [0.4, 0.5) is 10.3 Å². The van der Waals surface area contributed by atoms with Gasteiger partial charge in [-0.1, -0.05) is 40.2 Å². The zero-order valence-electron chi connectivity index (χ0n) is 14.4. The Kier molecular flexibility index (Phi) is 5.04. The lowest BCUT2D eigenvalue weighted by Crippen LogP contribution is -2.46. The highest BCUT2D eigenvalue weighted by Gasteiger charge is 2.21. The maximum Gasteiger partial charge on any atom is 0.210 e. The van der Waals surface area contributed by atoms with Crippen molar-refractivity contribution >= 4 is 21.9 Å². The lowest BCUT2D eigenvalue weighted by atomic mass is 10.2. The van der Waals surface area contributed by atoms with E-state index in [2.05, 4.69) is 55.0 Å². The summed E-state index contributed by atoms with van der Waals surface area (Å²) in [5.41, 5.74) is 1.85. The van der Waals surface area contributed by atoms with Gasteiger partial charge in [-0.2, -0.15) is 0 Å². The molecule has 0 unspecified atom stereocenters. The summed E-state index contributed by atoms with van der Waals surface area (Å²) in [5.74, 6) is 0.569. The highest BCUT2D eigenvalue weighted by molar-refractivity contribution is 9.10. The summed E-state index contributed by atoms with van der Waals surface area (Å²) in [7, 11) is 0. The molecule has 1 aliphatic heterocycles. The molecule has 0 radical (unpaired) electrons. The Morgan fingerprint density at radius 2 is 1.69 bits per heavy atom. The summed E-state index contributed by atoms with van der Waals surface area (Å²) in [4.78, 5) is 9.14. The van der Waals surface area contributed by atoms with Crippen molar-refractivity contribution in [1.82, 2.24) is 14.5 Å². The predicted octanol–water partition coefficient (Wildman–Crippen LogP) is 4.10. The van der Waals surface area contributed by atoms with Gasteiger partial charge in [0.15, 0.2) is 0 Å². The monoisotopic (exact) mass is 414 g/mol. The van der Waals surface area contributed by atoms with E-state index < -0.39 is 0 Å². The molecule has 0 spiro atoms. The molecule has 0 aliphatic carbocycles. The summed E-state index contributed by atoms with van der Waals surface area (Å²) < 4.78 is 17.1. The Labute approximate surface area is 161 Å². The number of aromatic nitrogens is 2. The zero-order valence-corrected chi connectivity index (χ0v) is 15.9. The van der Waals surface area contributed by atoms with E-state index in [4.69, 9.17) is 0 Å². The fourth-order valence-electron chi connectivity index (χ4n) is 3.32.